The molecule has 0 aliphatic carbocycles. The van der Waals surface area contributed by atoms with E-state index in [1.165, 1.54) is 5.56 Å². The highest BCUT2D eigenvalue weighted by molar-refractivity contribution is 5.42. The Morgan fingerprint density at radius 3 is 2.55 bits per heavy atom. The van der Waals surface area contributed by atoms with Crippen molar-refractivity contribution in [2.45, 2.75) is 13.1 Å². The normalized spacial score (nSPS) is 10.4. The molecule has 0 aliphatic rings. The Bertz CT molecular complexity index is 705. The number of methoxy groups -OCH3 is 1. The molecule has 1 aromatic heterocycles. The SMILES string of the molecule is COc1ccc(Cn2ccnc2CNc2ccccc2)cc1. The zero-order valence-electron chi connectivity index (χ0n) is 12.6. The first-order valence-corrected chi connectivity index (χ1v) is 7.27. The lowest BCUT2D eigenvalue weighted by atomic mass is 10.2. The summed E-state index contributed by atoms with van der Waals surface area (Å²) < 4.78 is 7.34. The van der Waals surface area contributed by atoms with Gasteiger partial charge in [0, 0.05) is 24.6 Å². The number of rotatable bonds is 6. The molecule has 22 heavy (non-hydrogen) atoms. The standard InChI is InChI=1S/C18H19N3O/c1-22-17-9-7-15(8-10-17)14-21-12-11-19-18(21)13-20-16-5-3-2-4-6-16/h2-12,20H,13-14H2,1H3. The number of para-hydroxylation sites is 1. The van der Waals surface area contributed by atoms with Gasteiger partial charge in [0.2, 0.25) is 0 Å². The molecule has 0 radical (unpaired) electrons. The summed E-state index contributed by atoms with van der Waals surface area (Å²) in [5, 5.41) is 3.39. The van der Waals surface area contributed by atoms with Gasteiger partial charge in [-0.05, 0) is 29.8 Å². The fourth-order valence-corrected chi connectivity index (χ4v) is 2.32. The Balaban J connectivity index is 1.66. The minimum Gasteiger partial charge on any atom is -0.497 e. The van der Waals surface area contributed by atoms with Crippen molar-refractivity contribution in [3.8, 4) is 5.75 Å². The molecule has 0 saturated heterocycles. The molecule has 0 saturated carbocycles. The summed E-state index contributed by atoms with van der Waals surface area (Å²) in [6, 6.07) is 18.3. The van der Waals surface area contributed by atoms with E-state index < -0.39 is 0 Å². The average molecular weight is 293 g/mol. The molecule has 0 unspecified atom stereocenters. The predicted molar refractivity (Wildman–Crippen MR) is 88.1 cm³/mol. The van der Waals surface area contributed by atoms with Crippen molar-refractivity contribution in [2.75, 3.05) is 12.4 Å². The molecule has 1 N–H and O–H groups in total. The van der Waals surface area contributed by atoms with Gasteiger partial charge >= 0.3 is 0 Å². The Kier molecular flexibility index (Phi) is 4.39. The monoisotopic (exact) mass is 293 g/mol. The van der Waals surface area contributed by atoms with Gasteiger partial charge in [-0.1, -0.05) is 30.3 Å². The van der Waals surface area contributed by atoms with Crippen LogP contribution in [0, 0.1) is 0 Å². The fourth-order valence-electron chi connectivity index (χ4n) is 2.32. The van der Waals surface area contributed by atoms with Gasteiger partial charge in [-0.25, -0.2) is 4.98 Å². The largest absolute Gasteiger partial charge is 0.497 e. The van der Waals surface area contributed by atoms with E-state index in [9.17, 15) is 0 Å². The van der Waals surface area contributed by atoms with Gasteiger partial charge in [0.25, 0.3) is 0 Å². The van der Waals surface area contributed by atoms with Crippen molar-refractivity contribution in [1.29, 1.82) is 0 Å². The molecule has 0 fully saturated rings. The molecule has 3 aromatic rings. The van der Waals surface area contributed by atoms with Crippen molar-refractivity contribution in [2.24, 2.45) is 0 Å². The summed E-state index contributed by atoms with van der Waals surface area (Å²) in [5.41, 5.74) is 2.32. The maximum Gasteiger partial charge on any atom is 0.128 e. The highest BCUT2D eigenvalue weighted by Gasteiger charge is 2.04. The van der Waals surface area contributed by atoms with Crippen LogP contribution in [-0.4, -0.2) is 16.7 Å². The first-order valence-electron chi connectivity index (χ1n) is 7.27. The Hall–Kier alpha value is -2.75. The van der Waals surface area contributed by atoms with Crippen LogP contribution in [0.2, 0.25) is 0 Å². The van der Waals surface area contributed by atoms with Crippen molar-refractivity contribution >= 4 is 5.69 Å². The number of aromatic nitrogens is 2. The molecule has 112 valence electrons. The second-order valence-electron chi connectivity index (χ2n) is 5.04. The van der Waals surface area contributed by atoms with Crippen LogP contribution in [0.4, 0.5) is 5.69 Å². The minimum absolute atomic E-state index is 0.702. The number of anilines is 1. The maximum atomic E-state index is 5.19. The molecule has 1 heterocycles. The molecule has 0 amide bonds. The van der Waals surface area contributed by atoms with E-state index in [0.29, 0.717) is 6.54 Å². The molecule has 0 aliphatic heterocycles. The summed E-state index contributed by atoms with van der Waals surface area (Å²) in [7, 11) is 1.68. The molecule has 4 nitrogen and oxygen atoms in total. The molecule has 0 atom stereocenters. The Labute approximate surface area is 130 Å². The van der Waals surface area contributed by atoms with Crippen LogP contribution in [0.25, 0.3) is 0 Å². The Morgan fingerprint density at radius 1 is 1.05 bits per heavy atom. The maximum absolute atomic E-state index is 5.19. The molecule has 0 spiro atoms. The van der Waals surface area contributed by atoms with Crippen LogP contribution in [0.1, 0.15) is 11.4 Å². The number of imidazole rings is 1. The zero-order chi connectivity index (χ0) is 15.2. The van der Waals surface area contributed by atoms with Crippen LogP contribution >= 0.6 is 0 Å². The third-order valence-electron chi connectivity index (χ3n) is 3.54. The predicted octanol–water partition coefficient (Wildman–Crippen LogP) is 3.55. The van der Waals surface area contributed by atoms with E-state index in [0.717, 1.165) is 23.8 Å². The molecular weight excluding hydrogens is 274 g/mol. The number of nitrogens with one attached hydrogen (secondary N) is 1. The number of hydrogen-bond donors (Lipinski definition) is 1. The van der Waals surface area contributed by atoms with Gasteiger partial charge in [0.15, 0.2) is 0 Å². The second-order valence-corrected chi connectivity index (χ2v) is 5.04. The highest BCUT2D eigenvalue weighted by Crippen LogP contribution is 2.14. The zero-order valence-corrected chi connectivity index (χ0v) is 12.6. The van der Waals surface area contributed by atoms with Crippen molar-refractivity contribution < 1.29 is 4.74 Å². The lowest BCUT2D eigenvalue weighted by molar-refractivity contribution is 0.414. The van der Waals surface area contributed by atoms with Gasteiger partial charge in [-0.15, -0.1) is 0 Å². The Morgan fingerprint density at radius 2 is 1.82 bits per heavy atom. The quantitative estimate of drug-likeness (QED) is 0.755. The lowest BCUT2D eigenvalue weighted by Gasteiger charge is -2.10. The van der Waals surface area contributed by atoms with Crippen LogP contribution in [0.5, 0.6) is 5.75 Å². The van der Waals surface area contributed by atoms with Gasteiger partial charge in [-0.3, -0.25) is 0 Å². The number of hydrogen-bond acceptors (Lipinski definition) is 3. The molecule has 0 bridgehead atoms. The van der Waals surface area contributed by atoms with Crippen molar-refractivity contribution in [3.05, 3.63) is 78.4 Å². The fraction of sp³-hybridized carbons (Fsp3) is 0.167. The topological polar surface area (TPSA) is 39.1 Å². The van der Waals surface area contributed by atoms with E-state index in [4.69, 9.17) is 4.74 Å². The first-order chi connectivity index (χ1) is 10.8. The molecule has 2 aromatic carbocycles. The highest BCUT2D eigenvalue weighted by atomic mass is 16.5. The lowest BCUT2D eigenvalue weighted by Crippen LogP contribution is -2.09. The van der Waals surface area contributed by atoms with Gasteiger partial charge in [0.05, 0.1) is 13.7 Å². The van der Waals surface area contributed by atoms with Crippen LogP contribution in [0.3, 0.4) is 0 Å². The van der Waals surface area contributed by atoms with Gasteiger partial charge < -0.3 is 14.6 Å². The van der Waals surface area contributed by atoms with Gasteiger partial charge in [-0.2, -0.15) is 0 Å². The summed E-state index contributed by atoms with van der Waals surface area (Å²) in [6.45, 7) is 1.50. The second kappa shape index (κ2) is 6.80. The summed E-state index contributed by atoms with van der Waals surface area (Å²) in [5.74, 6) is 1.89. The number of ether oxygens (including phenoxy) is 1. The van der Waals surface area contributed by atoms with Crippen LogP contribution < -0.4 is 10.1 Å². The van der Waals surface area contributed by atoms with Crippen molar-refractivity contribution in [3.63, 3.8) is 0 Å². The molecule has 4 heteroatoms. The summed E-state index contributed by atoms with van der Waals surface area (Å²) in [4.78, 5) is 4.44. The molecule has 3 rings (SSSR count). The van der Waals surface area contributed by atoms with E-state index in [2.05, 4.69) is 39.1 Å². The van der Waals surface area contributed by atoms with E-state index in [-0.39, 0.29) is 0 Å². The van der Waals surface area contributed by atoms with E-state index >= 15 is 0 Å². The average Bonchev–Trinajstić information content (AvgIpc) is 3.02. The minimum atomic E-state index is 0.702. The number of benzene rings is 2. The first kappa shape index (κ1) is 14.2. The molecular formula is C18H19N3O. The van der Waals surface area contributed by atoms with Crippen molar-refractivity contribution in [1.82, 2.24) is 9.55 Å². The van der Waals surface area contributed by atoms with Crippen LogP contribution in [0.15, 0.2) is 67.0 Å². The van der Waals surface area contributed by atoms with E-state index in [1.54, 1.807) is 7.11 Å². The number of nitrogens with zero attached hydrogens (tertiary/aromatic N) is 2. The van der Waals surface area contributed by atoms with Gasteiger partial charge in [0.1, 0.15) is 11.6 Å². The van der Waals surface area contributed by atoms with E-state index in [1.807, 2.05) is 42.7 Å². The summed E-state index contributed by atoms with van der Waals surface area (Å²) in [6.07, 6.45) is 3.85. The third kappa shape index (κ3) is 3.47. The third-order valence-corrected chi connectivity index (χ3v) is 3.54. The summed E-state index contributed by atoms with van der Waals surface area (Å²) >= 11 is 0. The van der Waals surface area contributed by atoms with Crippen LogP contribution in [-0.2, 0) is 13.1 Å². The smallest absolute Gasteiger partial charge is 0.128 e.